The van der Waals surface area contributed by atoms with Gasteiger partial charge in [0.05, 0.1) is 19.7 Å². The van der Waals surface area contributed by atoms with Gasteiger partial charge in [-0.05, 0) is 16.8 Å². The molecule has 1 unspecified atom stereocenters. The standard InChI is InChI=1S/C20H21NO/c1-21(14-16-8-4-3-5-9-16)15-19-18-11-7-6-10-17(18)12-13-20(19)22-2/h3-13H,14-15H2,1-2H3/p+1. The first-order valence-corrected chi connectivity index (χ1v) is 7.68. The van der Waals surface area contributed by atoms with Crippen LogP contribution in [0, 0.1) is 0 Å². The minimum Gasteiger partial charge on any atom is -0.496 e. The third-order valence-electron chi connectivity index (χ3n) is 4.04. The van der Waals surface area contributed by atoms with Crippen molar-refractivity contribution in [1.82, 2.24) is 0 Å². The SMILES string of the molecule is COc1ccc2ccccc2c1C[NH+](C)Cc1ccccc1. The minimum atomic E-state index is 0.944. The van der Waals surface area contributed by atoms with Gasteiger partial charge in [-0.2, -0.15) is 0 Å². The van der Waals surface area contributed by atoms with Crippen molar-refractivity contribution in [2.75, 3.05) is 14.2 Å². The Balaban J connectivity index is 1.89. The molecule has 0 spiro atoms. The number of hydrogen-bond donors (Lipinski definition) is 1. The number of fused-ring (bicyclic) bond motifs is 1. The zero-order chi connectivity index (χ0) is 15.4. The summed E-state index contributed by atoms with van der Waals surface area (Å²) in [6.45, 7) is 1.95. The van der Waals surface area contributed by atoms with Crippen LogP contribution in [0.3, 0.4) is 0 Å². The van der Waals surface area contributed by atoms with E-state index in [0.717, 1.165) is 18.8 Å². The number of quaternary nitrogens is 1. The summed E-state index contributed by atoms with van der Waals surface area (Å²) in [6.07, 6.45) is 0. The number of methoxy groups -OCH3 is 1. The first-order valence-electron chi connectivity index (χ1n) is 7.68. The quantitative estimate of drug-likeness (QED) is 0.763. The zero-order valence-electron chi connectivity index (χ0n) is 13.2. The maximum absolute atomic E-state index is 5.59. The van der Waals surface area contributed by atoms with Gasteiger partial charge in [-0.3, -0.25) is 0 Å². The van der Waals surface area contributed by atoms with Crippen LogP contribution in [0.15, 0.2) is 66.7 Å². The number of rotatable bonds is 5. The third kappa shape index (κ3) is 3.12. The van der Waals surface area contributed by atoms with Gasteiger partial charge < -0.3 is 9.64 Å². The molecule has 0 radical (unpaired) electrons. The van der Waals surface area contributed by atoms with Gasteiger partial charge >= 0.3 is 0 Å². The van der Waals surface area contributed by atoms with E-state index in [4.69, 9.17) is 4.74 Å². The van der Waals surface area contributed by atoms with E-state index in [0.29, 0.717) is 0 Å². The van der Waals surface area contributed by atoms with Crippen molar-refractivity contribution >= 4 is 10.8 Å². The third-order valence-corrected chi connectivity index (χ3v) is 4.04. The Morgan fingerprint density at radius 1 is 0.818 bits per heavy atom. The second kappa shape index (κ2) is 6.63. The lowest BCUT2D eigenvalue weighted by atomic mass is 10.0. The molecule has 0 saturated carbocycles. The molecule has 112 valence electrons. The van der Waals surface area contributed by atoms with E-state index in [1.807, 2.05) is 0 Å². The van der Waals surface area contributed by atoms with Crippen molar-refractivity contribution in [2.45, 2.75) is 13.1 Å². The van der Waals surface area contributed by atoms with Crippen LogP contribution in [-0.2, 0) is 13.1 Å². The van der Waals surface area contributed by atoms with Gasteiger partial charge in [0.1, 0.15) is 18.8 Å². The van der Waals surface area contributed by atoms with E-state index in [1.165, 1.54) is 26.8 Å². The molecule has 3 aromatic carbocycles. The number of benzene rings is 3. The molecule has 3 rings (SSSR count). The fourth-order valence-corrected chi connectivity index (χ4v) is 3.00. The molecule has 0 fully saturated rings. The zero-order valence-corrected chi connectivity index (χ0v) is 13.2. The Morgan fingerprint density at radius 3 is 2.32 bits per heavy atom. The van der Waals surface area contributed by atoms with Crippen molar-refractivity contribution in [3.8, 4) is 5.75 Å². The Morgan fingerprint density at radius 2 is 1.55 bits per heavy atom. The largest absolute Gasteiger partial charge is 0.496 e. The molecule has 1 N–H and O–H groups in total. The van der Waals surface area contributed by atoms with Gasteiger partial charge in [-0.1, -0.05) is 60.7 Å². The van der Waals surface area contributed by atoms with Crippen LogP contribution in [0.2, 0.25) is 0 Å². The monoisotopic (exact) mass is 292 g/mol. The molecular weight excluding hydrogens is 270 g/mol. The molecular formula is C20H22NO+. The van der Waals surface area contributed by atoms with Gasteiger partial charge in [0.2, 0.25) is 0 Å². The van der Waals surface area contributed by atoms with Gasteiger partial charge in [0, 0.05) is 5.56 Å². The fourth-order valence-electron chi connectivity index (χ4n) is 3.00. The van der Waals surface area contributed by atoms with E-state index in [1.54, 1.807) is 7.11 Å². The maximum Gasteiger partial charge on any atom is 0.128 e. The molecule has 0 aliphatic carbocycles. The van der Waals surface area contributed by atoms with Crippen molar-refractivity contribution in [1.29, 1.82) is 0 Å². The van der Waals surface area contributed by atoms with Gasteiger partial charge in [0.15, 0.2) is 0 Å². The lowest BCUT2D eigenvalue weighted by Crippen LogP contribution is -3.06. The molecule has 0 aliphatic rings. The van der Waals surface area contributed by atoms with Gasteiger partial charge in [-0.15, -0.1) is 0 Å². The van der Waals surface area contributed by atoms with Gasteiger partial charge in [0.25, 0.3) is 0 Å². The maximum atomic E-state index is 5.59. The summed E-state index contributed by atoms with van der Waals surface area (Å²) >= 11 is 0. The van der Waals surface area contributed by atoms with Crippen LogP contribution in [-0.4, -0.2) is 14.2 Å². The second-order valence-corrected chi connectivity index (χ2v) is 5.76. The Labute approximate surface area is 132 Å². The summed E-state index contributed by atoms with van der Waals surface area (Å²) in [6, 6.07) is 23.4. The first-order chi connectivity index (χ1) is 10.8. The summed E-state index contributed by atoms with van der Waals surface area (Å²) < 4.78 is 5.59. The lowest BCUT2D eigenvalue weighted by molar-refractivity contribution is -0.907. The summed E-state index contributed by atoms with van der Waals surface area (Å²) in [4.78, 5) is 1.45. The second-order valence-electron chi connectivity index (χ2n) is 5.76. The van der Waals surface area contributed by atoms with Crippen molar-refractivity contribution < 1.29 is 9.64 Å². The number of ether oxygens (including phenoxy) is 1. The number of nitrogens with one attached hydrogen (secondary N) is 1. The molecule has 0 aliphatic heterocycles. The van der Waals surface area contributed by atoms with Gasteiger partial charge in [-0.25, -0.2) is 0 Å². The Hall–Kier alpha value is -2.32. The highest BCUT2D eigenvalue weighted by molar-refractivity contribution is 5.87. The van der Waals surface area contributed by atoms with E-state index < -0.39 is 0 Å². The summed E-state index contributed by atoms with van der Waals surface area (Å²) in [5.74, 6) is 0.978. The van der Waals surface area contributed by atoms with Crippen LogP contribution in [0.5, 0.6) is 5.75 Å². The summed E-state index contributed by atoms with van der Waals surface area (Å²) in [5.41, 5.74) is 2.65. The summed E-state index contributed by atoms with van der Waals surface area (Å²) in [5, 5.41) is 2.56. The molecule has 2 heteroatoms. The van der Waals surface area contributed by atoms with Crippen LogP contribution in [0.4, 0.5) is 0 Å². The average Bonchev–Trinajstić information content (AvgIpc) is 2.56. The van der Waals surface area contributed by atoms with Crippen molar-refractivity contribution in [3.05, 3.63) is 77.9 Å². The Bertz CT molecular complexity index is 752. The highest BCUT2D eigenvalue weighted by Crippen LogP contribution is 2.27. The Kier molecular flexibility index (Phi) is 4.40. The van der Waals surface area contributed by atoms with E-state index in [-0.39, 0.29) is 0 Å². The molecule has 0 aromatic heterocycles. The van der Waals surface area contributed by atoms with E-state index >= 15 is 0 Å². The van der Waals surface area contributed by atoms with Crippen molar-refractivity contribution in [3.63, 3.8) is 0 Å². The van der Waals surface area contributed by atoms with Crippen molar-refractivity contribution in [2.24, 2.45) is 0 Å². The number of hydrogen-bond acceptors (Lipinski definition) is 1. The predicted octanol–water partition coefficient (Wildman–Crippen LogP) is 3.06. The minimum absolute atomic E-state index is 0.944. The molecule has 0 bridgehead atoms. The van der Waals surface area contributed by atoms with Crippen LogP contribution in [0.1, 0.15) is 11.1 Å². The smallest absolute Gasteiger partial charge is 0.128 e. The van der Waals surface area contributed by atoms with E-state index in [9.17, 15) is 0 Å². The van der Waals surface area contributed by atoms with Crippen LogP contribution >= 0.6 is 0 Å². The van der Waals surface area contributed by atoms with Crippen LogP contribution < -0.4 is 9.64 Å². The lowest BCUT2D eigenvalue weighted by Gasteiger charge is -2.18. The topological polar surface area (TPSA) is 13.7 Å². The molecule has 0 heterocycles. The fraction of sp³-hybridized carbons (Fsp3) is 0.200. The summed E-state index contributed by atoms with van der Waals surface area (Å²) in [7, 11) is 3.98. The molecule has 1 atom stereocenters. The first kappa shape index (κ1) is 14.6. The highest BCUT2D eigenvalue weighted by atomic mass is 16.5. The molecule has 0 saturated heterocycles. The molecule has 0 amide bonds. The normalized spacial score (nSPS) is 12.3. The molecule has 2 nitrogen and oxygen atoms in total. The predicted molar refractivity (Wildman–Crippen MR) is 91.2 cm³/mol. The highest BCUT2D eigenvalue weighted by Gasteiger charge is 2.13. The average molecular weight is 292 g/mol. The molecule has 3 aromatic rings. The molecule has 22 heavy (non-hydrogen) atoms. The van der Waals surface area contributed by atoms with E-state index in [2.05, 4.69) is 73.8 Å². The van der Waals surface area contributed by atoms with Crippen LogP contribution in [0.25, 0.3) is 10.8 Å².